The van der Waals surface area contributed by atoms with Crippen LogP contribution < -0.4 is 0 Å². The van der Waals surface area contributed by atoms with Gasteiger partial charge in [-0.2, -0.15) is 4.68 Å². The van der Waals surface area contributed by atoms with Crippen LogP contribution >= 0.6 is 0 Å². The molecule has 5 heteroatoms. The molecule has 0 aliphatic heterocycles. The largest absolute Gasteiger partial charge is 0.396 e. The molecule has 5 nitrogen and oxygen atoms in total. The van der Waals surface area contributed by atoms with E-state index in [0.717, 1.165) is 30.3 Å². The third-order valence-electron chi connectivity index (χ3n) is 5.46. The lowest BCUT2D eigenvalue weighted by Crippen LogP contribution is -2.35. The molecular weight excluding hydrogens is 264 g/mol. The van der Waals surface area contributed by atoms with Crippen LogP contribution in [-0.2, 0) is 6.42 Å². The maximum atomic E-state index is 10.0. The standard InChI is InChI=1S/C16H20N4O/c21-11-16(9-12-6-7-13(16)8-12)10-15-17-18-19-20(15)14-4-2-1-3-5-14/h1-5,12-13,21H,6-11H2. The fourth-order valence-corrected chi connectivity index (χ4v) is 4.42. The number of aromatic nitrogens is 4. The van der Waals surface area contributed by atoms with E-state index >= 15 is 0 Å². The Labute approximate surface area is 124 Å². The second-order valence-electron chi connectivity index (χ2n) is 6.62. The van der Waals surface area contributed by atoms with E-state index in [2.05, 4.69) is 15.5 Å². The summed E-state index contributed by atoms with van der Waals surface area (Å²) in [5, 5.41) is 22.2. The predicted octanol–water partition coefficient (Wildman–Crippen LogP) is 2.00. The van der Waals surface area contributed by atoms with Gasteiger partial charge in [0, 0.05) is 18.4 Å². The molecule has 1 aromatic carbocycles. The van der Waals surface area contributed by atoms with Crippen LogP contribution in [0.3, 0.4) is 0 Å². The summed E-state index contributed by atoms with van der Waals surface area (Å²) in [6.45, 7) is 0.246. The second-order valence-corrected chi connectivity index (χ2v) is 6.62. The number of aliphatic hydroxyl groups excluding tert-OH is 1. The molecule has 4 rings (SSSR count). The zero-order chi connectivity index (χ0) is 14.3. The highest BCUT2D eigenvalue weighted by molar-refractivity contribution is 5.30. The second kappa shape index (κ2) is 4.91. The molecule has 3 unspecified atom stereocenters. The fourth-order valence-electron chi connectivity index (χ4n) is 4.42. The molecule has 0 spiro atoms. The van der Waals surface area contributed by atoms with Gasteiger partial charge in [0.1, 0.15) is 0 Å². The maximum Gasteiger partial charge on any atom is 0.157 e. The van der Waals surface area contributed by atoms with Crippen LogP contribution in [0.5, 0.6) is 0 Å². The highest BCUT2D eigenvalue weighted by atomic mass is 16.3. The predicted molar refractivity (Wildman–Crippen MR) is 77.8 cm³/mol. The van der Waals surface area contributed by atoms with Gasteiger partial charge in [-0.1, -0.05) is 24.6 Å². The lowest BCUT2D eigenvalue weighted by Gasteiger charge is -2.35. The number of aliphatic hydroxyl groups is 1. The summed E-state index contributed by atoms with van der Waals surface area (Å²) < 4.78 is 1.81. The molecule has 2 saturated carbocycles. The van der Waals surface area contributed by atoms with Gasteiger partial charge in [-0.05, 0) is 53.7 Å². The SMILES string of the molecule is OCC1(Cc2nnnn2-c2ccccc2)CC2CCC1C2. The van der Waals surface area contributed by atoms with Gasteiger partial charge in [-0.25, -0.2) is 0 Å². The van der Waals surface area contributed by atoms with Crippen molar-refractivity contribution in [3.05, 3.63) is 36.2 Å². The Hall–Kier alpha value is -1.75. The Balaban J connectivity index is 1.65. The Morgan fingerprint density at radius 1 is 1.24 bits per heavy atom. The number of fused-ring (bicyclic) bond motifs is 2. The summed E-state index contributed by atoms with van der Waals surface area (Å²) in [5.41, 5.74) is 0.971. The van der Waals surface area contributed by atoms with E-state index in [1.54, 1.807) is 0 Å². The van der Waals surface area contributed by atoms with Crippen LogP contribution in [0, 0.1) is 17.3 Å². The average molecular weight is 284 g/mol. The Kier molecular flexibility index (Phi) is 3.03. The minimum atomic E-state index is -0.00976. The quantitative estimate of drug-likeness (QED) is 0.932. The van der Waals surface area contributed by atoms with Crippen molar-refractivity contribution in [2.75, 3.05) is 6.61 Å². The number of nitrogens with zero attached hydrogens (tertiary/aromatic N) is 4. The third kappa shape index (κ3) is 2.07. The van der Waals surface area contributed by atoms with Gasteiger partial charge < -0.3 is 5.11 Å². The number of benzene rings is 1. The lowest BCUT2D eigenvalue weighted by atomic mass is 9.71. The monoisotopic (exact) mass is 284 g/mol. The number of rotatable bonds is 4. The van der Waals surface area contributed by atoms with Gasteiger partial charge in [0.15, 0.2) is 5.82 Å². The van der Waals surface area contributed by atoms with E-state index < -0.39 is 0 Å². The molecule has 0 radical (unpaired) electrons. The topological polar surface area (TPSA) is 63.8 Å². The van der Waals surface area contributed by atoms with Gasteiger partial charge in [0.05, 0.1) is 5.69 Å². The van der Waals surface area contributed by atoms with E-state index in [0.29, 0.717) is 5.92 Å². The number of hydrogen-bond acceptors (Lipinski definition) is 4. The molecule has 0 amide bonds. The van der Waals surface area contributed by atoms with E-state index in [1.807, 2.05) is 35.0 Å². The highest BCUT2D eigenvalue weighted by Gasteiger charge is 2.51. The Morgan fingerprint density at radius 3 is 2.76 bits per heavy atom. The van der Waals surface area contributed by atoms with Gasteiger partial charge >= 0.3 is 0 Å². The van der Waals surface area contributed by atoms with Crippen LogP contribution in [0.1, 0.15) is 31.5 Å². The molecule has 2 aliphatic rings. The van der Waals surface area contributed by atoms with E-state index in [1.165, 1.54) is 19.3 Å². The number of tetrazole rings is 1. The van der Waals surface area contributed by atoms with E-state index in [9.17, 15) is 5.11 Å². The van der Waals surface area contributed by atoms with Crippen LogP contribution in [0.4, 0.5) is 0 Å². The molecule has 0 saturated heterocycles. The minimum Gasteiger partial charge on any atom is -0.396 e. The molecule has 1 heterocycles. The summed E-state index contributed by atoms with van der Waals surface area (Å²) in [6.07, 6.45) is 5.74. The maximum absolute atomic E-state index is 10.0. The summed E-state index contributed by atoms with van der Waals surface area (Å²) in [6, 6.07) is 9.97. The van der Waals surface area contributed by atoms with Crippen molar-refractivity contribution >= 4 is 0 Å². The molecule has 1 N–H and O–H groups in total. The van der Waals surface area contributed by atoms with Gasteiger partial charge in [0.2, 0.25) is 0 Å². The first-order valence-electron chi connectivity index (χ1n) is 7.74. The van der Waals surface area contributed by atoms with Crippen molar-refractivity contribution in [2.24, 2.45) is 17.3 Å². The molecule has 3 atom stereocenters. The zero-order valence-electron chi connectivity index (χ0n) is 12.0. The van der Waals surface area contributed by atoms with Crippen molar-refractivity contribution < 1.29 is 5.11 Å². The van der Waals surface area contributed by atoms with E-state index in [4.69, 9.17) is 0 Å². The van der Waals surface area contributed by atoms with Crippen LogP contribution in [0.2, 0.25) is 0 Å². The lowest BCUT2D eigenvalue weighted by molar-refractivity contribution is 0.0626. The Morgan fingerprint density at radius 2 is 2.10 bits per heavy atom. The average Bonchev–Trinajstić information content (AvgIpc) is 3.24. The minimum absolute atomic E-state index is 0.00976. The fraction of sp³-hybridized carbons (Fsp3) is 0.562. The summed E-state index contributed by atoms with van der Waals surface area (Å²) in [7, 11) is 0. The van der Waals surface area contributed by atoms with Crippen molar-refractivity contribution in [3.63, 3.8) is 0 Å². The van der Waals surface area contributed by atoms with Crippen molar-refractivity contribution in [1.82, 2.24) is 20.2 Å². The normalized spacial score (nSPS) is 30.9. The first kappa shape index (κ1) is 13.0. The zero-order valence-corrected chi connectivity index (χ0v) is 12.0. The summed E-state index contributed by atoms with van der Waals surface area (Å²) in [5.74, 6) is 2.29. The van der Waals surface area contributed by atoms with Gasteiger partial charge in [-0.15, -0.1) is 5.10 Å². The van der Waals surface area contributed by atoms with E-state index in [-0.39, 0.29) is 12.0 Å². The van der Waals surface area contributed by atoms with Crippen LogP contribution in [0.25, 0.3) is 5.69 Å². The smallest absolute Gasteiger partial charge is 0.157 e. The Bertz CT molecular complexity index is 626. The van der Waals surface area contributed by atoms with Crippen LogP contribution in [-0.4, -0.2) is 31.9 Å². The highest BCUT2D eigenvalue weighted by Crippen LogP contribution is 2.56. The van der Waals surface area contributed by atoms with Gasteiger partial charge in [-0.3, -0.25) is 0 Å². The molecule has 1 aromatic heterocycles. The first-order chi connectivity index (χ1) is 10.3. The molecule has 110 valence electrons. The molecular formula is C16H20N4O. The summed E-state index contributed by atoms with van der Waals surface area (Å²) in [4.78, 5) is 0. The van der Waals surface area contributed by atoms with Crippen molar-refractivity contribution in [1.29, 1.82) is 0 Å². The molecule has 2 aliphatic carbocycles. The molecule has 2 fully saturated rings. The molecule has 2 bridgehead atoms. The van der Waals surface area contributed by atoms with Crippen molar-refractivity contribution in [3.8, 4) is 5.69 Å². The number of para-hydroxylation sites is 1. The molecule has 2 aromatic rings. The van der Waals surface area contributed by atoms with Crippen molar-refractivity contribution in [2.45, 2.75) is 32.1 Å². The molecule has 21 heavy (non-hydrogen) atoms. The van der Waals surface area contributed by atoms with Crippen LogP contribution in [0.15, 0.2) is 30.3 Å². The van der Waals surface area contributed by atoms with Gasteiger partial charge in [0.25, 0.3) is 0 Å². The summed E-state index contributed by atoms with van der Waals surface area (Å²) >= 11 is 0. The first-order valence-corrected chi connectivity index (χ1v) is 7.74. The number of hydrogen-bond donors (Lipinski definition) is 1. The third-order valence-corrected chi connectivity index (χ3v) is 5.46.